The molecule has 1 aliphatic rings. The van der Waals surface area contributed by atoms with Gasteiger partial charge >= 0.3 is 0 Å². The number of nitrogens with zero attached hydrogens (tertiary/aromatic N) is 1. The van der Waals surface area contributed by atoms with Gasteiger partial charge < -0.3 is 4.90 Å². The second-order valence-corrected chi connectivity index (χ2v) is 6.41. The maximum Gasteiger partial charge on any atom is 0.225 e. The summed E-state index contributed by atoms with van der Waals surface area (Å²) in [4.78, 5) is 14.2. The summed E-state index contributed by atoms with van der Waals surface area (Å²) in [5.41, 5.74) is 2.85. The molecule has 20 heavy (non-hydrogen) atoms. The predicted octanol–water partition coefficient (Wildman–Crippen LogP) is 3.82. The topological polar surface area (TPSA) is 20.3 Å². The molecule has 0 saturated carbocycles. The molecule has 0 aliphatic carbocycles. The van der Waals surface area contributed by atoms with Gasteiger partial charge in [-0.15, -0.1) is 0 Å². The van der Waals surface area contributed by atoms with Crippen LogP contribution in [-0.2, 0) is 11.2 Å². The van der Waals surface area contributed by atoms with Crippen molar-refractivity contribution in [3.8, 4) is 0 Å². The van der Waals surface area contributed by atoms with E-state index < -0.39 is 0 Å². The number of benzene rings is 1. The lowest BCUT2D eigenvalue weighted by Gasteiger charge is -2.34. The Labute approximate surface area is 123 Å². The minimum Gasteiger partial charge on any atom is -0.342 e. The summed E-state index contributed by atoms with van der Waals surface area (Å²) in [6.07, 6.45) is 4.78. The molecule has 1 atom stereocenters. The van der Waals surface area contributed by atoms with Crippen LogP contribution in [0.1, 0.15) is 44.2 Å². The van der Waals surface area contributed by atoms with Crippen LogP contribution in [0.4, 0.5) is 0 Å². The third-order valence-electron chi connectivity index (χ3n) is 4.41. The van der Waals surface area contributed by atoms with E-state index in [1.807, 2.05) is 13.8 Å². The number of likely N-dealkylation sites (tertiary alicyclic amines) is 1. The molecule has 0 spiro atoms. The van der Waals surface area contributed by atoms with E-state index in [0.29, 0.717) is 11.8 Å². The number of rotatable bonds is 4. The fourth-order valence-corrected chi connectivity index (χ4v) is 3.12. The molecular weight excluding hydrogens is 246 g/mol. The Balaban J connectivity index is 1.87. The molecule has 2 heteroatoms. The van der Waals surface area contributed by atoms with Crippen LogP contribution < -0.4 is 0 Å². The number of hydrogen-bond donors (Lipinski definition) is 0. The molecule has 0 radical (unpaired) electrons. The Morgan fingerprint density at radius 2 is 2.10 bits per heavy atom. The van der Waals surface area contributed by atoms with Gasteiger partial charge in [-0.05, 0) is 49.7 Å². The Bertz CT molecular complexity index is 452. The molecule has 1 aromatic rings. The second-order valence-electron chi connectivity index (χ2n) is 6.41. The lowest BCUT2D eigenvalue weighted by Crippen LogP contribution is -2.42. The minimum atomic E-state index is 0.130. The van der Waals surface area contributed by atoms with Crippen molar-refractivity contribution in [2.45, 2.75) is 46.5 Å². The molecule has 110 valence electrons. The molecule has 2 rings (SSSR count). The summed E-state index contributed by atoms with van der Waals surface area (Å²) in [7, 11) is 0. The zero-order chi connectivity index (χ0) is 14.5. The van der Waals surface area contributed by atoms with Crippen molar-refractivity contribution < 1.29 is 4.79 Å². The predicted molar refractivity (Wildman–Crippen MR) is 83.6 cm³/mol. The Kier molecular flexibility index (Phi) is 5.22. The standard InChI is InChI=1S/C18H27NO/c1-14(2)18(20)19-12-6-8-16(13-19)10-11-17-9-5-4-7-15(17)3/h4-5,7,9,14,16H,6,8,10-13H2,1-3H3/t16-/m1/s1. The van der Waals surface area contributed by atoms with Crippen molar-refractivity contribution in [2.24, 2.45) is 11.8 Å². The first-order chi connectivity index (χ1) is 9.58. The lowest BCUT2D eigenvalue weighted by atomic mass is 9.90. The van der Waals surface area contributed by atoms with E-state index in [2.05, 4.69) is 36.1 Å². The van der Waals surface area contributed by atoms with Gasteiger partial charge in [0.1, 0.15) is 0 Å². The largest absolute Gasteiger partial charge is 0.342 e. The van der Waals surface area contributed by atoms with Crippen LogP contribution in [0.15, 0.2) is 24.3 Å². The van der Waals surface area contributed by atoms with Gasteiger partial charge in [-0.3, -0.25) is 4.79 Å². The highest BCUT2D eigenvalue weighted by molar-refractivity contribution is 5.78. The van der Waals surface area contributed by atoms with Gasteiger partial charge in [-0.1, -0.05) is 38.1 Å². The van der Waals surface area contributed by atoms with Crippen LogP contribution in [-0.4, -0.2) is 23.9 Å². The van der Waals surface area contributed by atoms with Gasteiger partial charge in [0.25, 0.3) is 0 Å². The molecule has 1 saturated heterocycles. The highest BCUT2D eigenvalue weighted by Crippen LogP contribution is 2.23. The van der Waals surface area contributed by atoms with E-state index in [-0.39, 0.29) is 5.92 Å². The molecule has 0 unspecified atom stereocenters. The van der Waals surface area contributed by atoms with Gasteiger partial charge in [0.05, 0.1) is 0 Å². The SMILES string of the molecule is Cc1ccccc1CC[C@H]1CCCN(C(=O)C(C)C)C1. The second kappa shape index (κ2) is 6.92. The average Bonchev–Trinajstić information content (AvgIpc) is 2.46. The molecule has 0 N–H and O–H groups in total. The fraction of sp³-hybridized carbons (Fsp3) is 0.611. The van der Waals surface area contributed by atoms with Crippen molar-refractivity contribution in [1.82, 2.24) is 4.90 Å². The van der Waals surface area contributed by atoms with E-state index in [1.54, 1.807) is 0 Å². The van der Waals surface area contributed by atoms with Crippen LogP contribution in [0.3, 0.4) is 0 Å². The van der Waals surface area contributed by atoms with Crippen LogP contribution in [0, 0.1) is 18.8 Å². The smallest absolute Gasteiger partial charge is 0.225 e. The number of amides is 1. The van der Waals surface area contributed by atoms with Crippen LogP contribution in [0.25, 0.3) is 0 Å². The van der Waals surface area contributed by atoms with Gasteiger partial charge in [0.15, 0.2) is 0 Å². The molecule has 1 aromatic carbocycles. The van der Waals surface area contributed by atoms with Gasteiger partial charge in [-0.25, -0.2) is 0 Å². The Hall–Kier alpha value is -1.31. The summed E-state index contributed by atoms with van der Waals surface area (Å²) in [5.74, 6) is 1.13. The first-order valence-corrected chi connectivity index (χ1v) is 7.91. The molecule has 1 fully saturated rings. The van der Waals surface area contributed by atoms with Gasteiger partial charge in [-0.2, -0.15) is 0 Å². The quantitative estimate of drug-likeness (QED) is 0.816. The van der Waals surface area contributed by atoms with Crippen molar-refractivity contribution in [2.75, 3.05) is 13.1 Å². The number of piperidine rings is 1. The monoisotopic (exact) mass is 273 g/mol. The van der Waals surface area contributed by atoms with Crippen LogP contribution in [0.2, 0.25) is 0 Å². The first kappa shape index (κ1) is 15.1. The highest BCUT2D eigenvalue weighted by Gasteiger charge is 2.24. The third-order valence-corrected chi connectivity index (χ3v) is 4.41. The summed E-state index contributed by atoms with van der Waals surface area (Å²) in [6.45, 7) is 8.10. The molecule has 2 nitrogen and oxygen atoms in total. The molecule has 1 aliphatic heterocycles. The third kappa shape index (κ3) is 3.84. The number of carbonyl (C=O) groups is 1. The fourth-order valence-electron chi connectivity index (χ4n) is 3.12. The summed E-state index contributed by atoms with van der Waals surface area (Å²) in [6, 6.07) is 8.64. The summed E-state index contributed by atoms with van der Waals surface area (Å²) in [5, 5.41) is 0. The van der Waals surface area contributed by atoms with Crippen molar-refractivity contribution in [3.05, 3.63) is 35.4 Å². The molecule has 0 bridgehead atoms. The van der Waals surface area contributed by atoms with Crippen LogP contribution in [0.5, 0.6) is 0 Å². The summed E-state index contributed by atoms with van der Waals surface area (Å²) < 4.78 is 0. The highest BCUT2D eigenvalue weighted by atomic mass is 16.2. The minimum absolute atomic E-state index is 0.130. The molecular formula is C18H27NO. The molecule has 0 aromatic heterocycles. The van der Waals surface area contributed by atoms with Crippen molar-refractivity contribution >= 4 is 5.91 Å². The van der Waals surface area contributed by atoms with Crippen LogP contribution >= 0.6 is 0 Å². The summed E-state index contributed by atoms with van der Waals surface area (Å²) >= 11 is 0. The Morgan fingerprint density at radius 3 is 2.80 bits per heavy atom. The zero-order valence-electron chi connectivity index (χ0n) is 13.1. The van der Waals surface area contributed by atoms with Gasteiger partial charge in [0.2, 0.25) is 5.91 Å². The normalized spacial score (nSPS) is 19.4. The first-order valence-electron chi connectivity index (χ1n) is 7.91. The van der Waals surface area contributed by atoms with E-state index in [0.717, 1.165) is 25.9 Å². The van der Waals surface area contributed by atoms with E-state index >= 15 is 0 Å². The Morgan fingerprint density at radius 1 is 1.35 bits per heavy atom. The van der Waals surface area contributed by atoms with Crippen molar-refractivity contribution in [3.63, 3.8) is 0 Å². The maximum atomic E-state index is 12.1. The number of aryl methyl sites for hydroxylation is 2. The molecule has 1 heterocycles. The number of hydrogen-bond acceptors (Lipinski definition) is 1. The van der Waals surface area contributed by atoms with Gasteiger partial charge in [0, 0.05) is 19.0 Å². The lowest BCUT2D eigenvalue weighted by molar-refractivity contribution is -0.136. The average molecular weight is 273 g/mol. The van der Waals surface area contributed by atoms with E-state index in [4.69, 9.17) is 0 Å². The number of carbonyl (C=O) groups excluding carboxylic acids is 1. The van der Waals surface area contributed by atoms with Crippen molar-refractivity contribution in [1.29, 1.82) is 0 Å². The molecule has 1 amide bonds. The van der Waals surface area contributed by atoms with E-state index in [9.17, 15) is 4.79 Å². The van der Waals surface area contributed by atoms with E-state index in [1.165, 1.54) is 24.0 Å². The maximum absolute atomic E-state index is 12.1. The zero-order valence-corrected chi connectivity index (χ0v) is 13.1.